The van der Waals surface area contributed by atoms with E-state index in [2.05, 4.69) is 0 Å². The fraction of sp³-hybridized carbons (Fsp3) is 0.778. The van der Waals surface area contributed by atoms with E-state index in [1.54, 1.807) is 6.42 Å². The zero-order chi connectivity index (χ0) is 5.84. The monoisotopic (exact) mass is 120 g/mol. The molecular weight excluding hydrogens is 108 g/mol. The second-order valence-corrected chi connectivity index (χ2v) is 3.87. The standard InChI is InChI=1S/C9H12/c1-2-7-4-9-5-8(9)3-6(1)7/h8-9H,1-5H2. The van der Waals surface area contributed by atoms with Crippen LogP contribution in [-0.4, -0.2) is 0 Å². The molecule has 0 heterocycles. The van der Waals surface area contributed by atoms with Gasteiger partial charge in [0.05, 0.1) is 0 Å². The first-order chi connectivity index (χ1) is 4.43. The van der Waals surface area contributed by atoms with Crippen molar-refractivity contribution in [2.75, 3.05) is 0 Å². The van der Waals surface area contributed by atoms with Crippen LogP contribution >= 0.6 is 0 Å². The minimum Gasteiger partial charge on any atom is -0.0704 e. The van der Waals surface area contributed by atoms with Gasteiger partial charge in [-0.15, -0.1) is 0 Å². The van der Waals surface area contributed by atoms with E-state index in [-0.39, 0.29) is 0 Å². The van der Waals surface area contributed by atoms with Crippen LogP contribution in [0.2, 0.25) is 0 Å². The van der Waals surface area contributed by atoms with Gasteiger partial charge in [0.2, 0.25) is 0 Å². The quantitative estimate of drug-likeness (QED) is 0.431. The zero-order valence-electron chi connectivity index (χ0n) is 5.69. The van der Waals surface area contributed by atoms with Crippen LogP contribution in [0, 0.1) is 11.8 Å². The first kappa shape index (κ1) is 4.54. The minimum atomic E-state index is 1.16. The molecule has 48 valence electrons. The molecule has 2 atom stereocenters. The molecule has 0 nitrogen and oxygen atoms in total. The Labute approximate surface area is 56.0 Å². The lowest BCUT2D eigenvalue weighted by Crippen LogP contribution is -2.10. The maximum Gasteiger partial charge on any atom is -0.0280 e. The molecular formula is C9H12. The van der Waals surface area contributed by atoms with Crippen molar-refractivity contribution >= 4 is 0 Å². The third-order valence-electron chi connectivity index (χ3n) is 3.31. The summed E-state index contributed by atoms with van der Waals surface area (Å²) in [5.41, 5.74) is 3.71. The van der Waals surface area contributed by atoms with Gasteiger partial charge in [0.25, 0.3) is 0 Å². The molecule has 0 amide bonds. The predicted molar refractivity (Wildman–Crippen MR) is 37.1 cm³/mol. The Morgan fingerprint density at radius 1 is 0.889 bits per heavy atom. The fourth-order valence-corrected chi connectivity index (χ4v) is 2.41. The van der Waals surface area contributed by atoms with Crippen LogP contribution in [0.5, 0.6) is 0 Å². The lowest BCUT2D eigenvalue weighted by atomic mass is 9.78. The summed E-state index contributed by atoms with van der Waals surface area (Å²) in [6.07, 6.45) is 7.48. The van der Waals surface area contributed by atoms with Crippen molar-refractivity contribution < 1.29 is 0 Å². The summed E-state index contributed by atoms with van der Waals surface area (Å²) in [5, 5.41) is 0. The second kappa shape index (κ2) is 1.25. The Hall–Kier alpha value is -0.260. The van der Waals surface area contributed by atoms with E-state index in [9.17, 15) is 0 Å². The lowest BCUT2D eigenvalue weighted by molar-refractivity contribution is 0.549. The van der Waals surface area contributed by atoms with Gasteiger partial charge >= 0.3 is 0 Å². The highest BCUT2D eigenvalue weighted by atomic mass is 14.5. The van der Waals surface area contributed by atoms with Crippen molar-refractivity contribution in [3.05, 3.63) is 11.1 Å². The van der Waals surface area contributed by atoms with E-state index < -0.39 is 0 Å². The molecule has 1 fully saturated rings. The highest BCUT2D eigenvalue weighted by Gasteiger charge is 2.43. The topological polar surface area (TPSA) is 0 Å². The molecule has 2 unspecified atom stereocenters. The summed E-state index contributed by atoms with van der Waals surface area (Å²) in [5.74, 6) is 2.31. The Kier molecular flexibility index (Phi) is 0.633. The van der Waals surface area contributed by atoms with Gasteiger partial charge in [0, 0.05) is 0 Å². The Balaban J connectivity index is 1.96. The van der Waals surface area contributed by atoms with Gasteiger partial charge in [0.15, 0.2) is 0 Å². The molecule has 0 aromatic carbocycles. The number of fused-ring (bicyclic) bond motifs is 1. The molecule has 1 saturated carbocycles. The van der Waals surface area contributed by atoms with Crippen LogP contribution in [0.3, 0.4) is 0 Å². The van der Waals surface area contributed by atoms with Gasteiger partial charge in [-0.25, -0.2) is 0 Å². The zero-order valence-corrected chi connectivity index (χ0v) is 5.69. The number of hydrogen-bond acceptors (Lipinski definition) is 0. The summed E-state index contributed by atoms with van der Waals surface area (Å²) >= 11 is 0. The molecule has 0 aromatic heterocycles. The van der Waals surface area contributed by atoms with Gasteiger partial charge in [0.1, 0.15) is 0 Å². The summed E-state index contributed by atoms with van der Waals surface area (Å²) in [4.78, 5) is 0. The molecule has 0 N–H and O–H groups in total. The first-order valence-electron chi connectivity index (χ1n) is 4.13. The molecule has 3 aliphatic rings. The summed E-state index contributed by atoms with van der Waals surface area (Å²) in [6, 6.07) is 0. The first-order valence-corrected chi connectivity index (χ1v) is 4.13. The van der Waals surface area contributed by atoms with E-state index >= 15 is 0 Å². The molecule has 0 heteroatoms. The predicted octanol–water partition coefficient (Wildman–Crippen LogP) is 2.51. The van der Waals surface area contributed by atoms with Gasteiger partial charge in [-0.1, -0.05) is 11.1 Å². The molecule has 0 spiro atoms. The van der Waals surface area contributed by atoms with Crippen LogP contribution in [0.4, 0.5) is 0 Å². The van der Waals surface area contributed by atoms with Gasteiger partial charge in [-0.3, -0.25) is 0 Å². The summed E-state index contributed by atoms with van der Waals surface area (Å²) < 4.78 is 0. The van der Waals surface area contributed by atoms with E-state index in [1.165, 1.54) is 25.7 Å². The number of allylic oxidation sites excluding steroid dienone is 2. The number of hydrogen-bond donors (Lipinski definition) is 0. The van der Waals surface area contributed by atoms with Crippen molar-refractivity contribution in [2.24, 2.45) is 11.8 Å². The third-order valence-corrected chi connectivity index (χ3v) is 3.31. The average Bonchev–Trinajstić information content (AvgIpc) is 2.53. The number of rotatable bonds is 0. The lowest BCUT2D eigenvalue weighted by Gasteiger charge is -2.27. The minimum absolute atomic E-state index is 1.16. The Morgan fingerprint density at radius 2 is 1.44 bits per heavy atom. The van der Waals surface area contributed by atoms with Gasteiger partial charge in [-0.2, -0.15) is 0 Å². The van der Waals surface area contributed by atoms with Crippen molar-refractivity contribution in [1.82, 2.24) is 0 Å². The highest BCUT2D eigenvalue weighted by Crippen LogP contribution is 2.56. The van der Waals surface area contributed by atoms with E-state index in [4.69, 9.17) is 0 Å². The highest BCUT2D eigenvalue weighted by molar-refractivity contribution is 5.30. The van der Waals surface area contributed by atoms with Gasteiger partial charge in [-0.05, 0) is 43.9 Å². The molecule has 3 rings (SSSR count). The van der Waals surface area contributed by atoms with Crippen LogP contribution in [0.1, 0.15) is 32.1 Å². The van der Waals surface area contributed by atoms with Gasteiger partial charge < -0.3 is 0 Å². The molecule has 0 radical (unpaired) electrons. The average molecular weight is 120 g/mol. The van der Waals surface area contributed by atoms with Crippen molar-refractivity contribution in [3.63, 3.8) is 0 Å². The second-order valence-electron chi connectivity index (χ2n) is 3.87. The molecule has 3 aliphatic carbocycles. The van der Waals surface area contributed by atoms with Crippen LogP contribution in [-0.2, 0) is 0 Å². The SMILES string of the molecule is C1CC2=C1CC1CC1C2. The van der Waals surface area contributed by atoms with Crippen molar-refractivity contribution in [2.45, 2.75) is 32.1 Å². The van der Waals surface area contributed by atoms with Crippen LogP contribution < -0.4 is 0 Å². The third kappa shape index (κ3) is 0.493. The smallest absolute Gasteiger partial charge is 0.0280 e. The van der Waals surface area contributed by atoms with Crippen LogP contribution in [0.25, 0.3) is 0 Å². The van der Waals surface area contributed by atoms with E-state index in [0.717, 1.165) is 11.8 Å². The maximum atomic E-state index is 1.86. The largest absolute Gasteiger partial charge is 0.0704 e. The fourth-order valence-electron chi connectivity index (χ4n) is 2.41. The molecule has 0 bridgehead atoms. The summed E-state index contributed by atoms with van der Waals surface area (Å²) in [6.45, 7) is 0. The summed E-state index contributed by atoms with van der Waals surface area (Å²) in [7, 11) is 0. The van der Waals surface area contributed by atoms with Crippen molar-refractivity contribution in [1.29, 1.82) is 0 Å². The molecule has 0 aromatic rings. The van der Waals surface area contributed by atoms with Crippen molar-refractivity contribution in [3.8, 4) is 0 Å². The maximum absolute atomic E-state index is 1.86. The molecule has 0 saturated heterocycles. The Bertz CT molecular complexity index is 168. The van der Waals surface area contributed by atoms with E-state index in [1.807, 2.05) is 11.1 Å². The molecule has 0 aliphatic heterocycles. The van der Waals surface area contributed by atoms with E-state index in [0.29, 0.717) is 0 Å². The van der Waals surface area contributed by atoms with Crippen LogP contribution in [0.15, 0.2) is 11.1 Å². The Morgan fingerprint density at radius 3 is 1.89 bits per heavy atom. The normalized spacial score (nSPS) is 45.3. The molecule has 9 heavy (non-hydrogen) atoms.